The zero-order chi connectivity index (χ0) is 34.8. The predicted octanol–water partition coefficient (Wildman–Crippen LogP) is 9.94. The zero-order valence-corrected chi connectivity index (χ0v) is 28.2. The summed E-state index contributed by atoms with van der Waals surface area (Å²) < 4.78 is 2.14. The highest BCUT2D eigenvalue weighted by molar-refractivity contribution is 6.83. The lowest BCUT2D eigenvalue weighted by Crippen LogP contribution is -2.52. The van der Waals surface area contributed by atoms with E-state index < -0.39 is 0 Å². The molecule has 0 saturated heterocycles. The summed E-state index contributed by atoms with van der Waals surface area (Å²) in [6, 6.07) is 47.1. The Labute approximate surface area is 301 Å². The van der Waals surface area contributed by atoms with Crippen LogP contribution in [0.4, 0.5) is 11.4 Å². The van der Waals surface area contributed by atoms with Gasteiger partial charge in [0.2, 0.25) is 5.95 Å². The third kappa shape index (κ3) is 4.63. The Bertz CT molecular complexity index is 2800. The van der Waals surface area contributed by atoms with Crippen molar-refractivity contribution in [2.45, 2.75) is 0 Å². The van der Waals surface area contributed by atoms with Crippen LogP contribution in [-0.2, 0) is 0 Å². The average Bonchev–Trinajstić information content (AvgIpc) is 3.54. The van der Waals surface area contributed by atoms with Crippen LogP contribution in [0.5, 0.6) is 0 Å². The third-order valence-corrected chi connectivity index (χ3v) is 10.2. The lowest BCUT2D eigenvalue weighted by atomic mass is 9.57. The maximum absolute atomic E-state index is 5.05. The van der Waals surface area contributed by atoms with Gasteiger partial charge in [0.25, 0.3) is 0 Å². The quantitative estimate of drug-likeness (QED) is 0.137. The Morgan fingerprint density at radius 3 is 2.12 bits per heavy atom. The minimum absolute atomic E-state index is 0.00933. The Balaban J connectivity index is 1.13. The topological polar surface area (TPSA) is 67.7 Å². The van der Waals surface area contributed by atoms with E-state index >= 15 is 0 Å². The van der Waals surface area contributed by atoms with Gasteiger partial charge in [0.05, 0.1) is 11.0 Å². The molecule has 0 aliphatic carbocycles. The number of nitrogens with one attached hydrogen (secondary N) is 2. The van der Waals surface area contributed by atoms with Crippen LogP contribution in [0.1, 0.15) is 5.82 Å². The minimum atomic E-state index is 0.00933. The van der Waals surface area contributed by atoms with E-state index in [9.17, 15) is 0 Å². The van der Waals surface area contributed by atoms with E-state index in [1.165, 1.54) is 27.7 Å². The molecule has 0 atom stereocenters. The summed E-state index contributed by atoms with van der Waals surface area (Å²) in [6.07, 6.45) is 5.35. The molecule has 0 spiro atoms. The van der Waals surface area contributed by atoms with E-state index in [0.717, 1.165) is 55.4 Å². The van der Waals surface area contributed by atoms with Crippen molar-refractivity contribution in [1.82, 2.24) is 19.5 Å². The second kappa shape index (κ2) is 11.8. The molecule has 0 bridgehead atoms. The van der Waals surface area contributed by atoms with Crippen molar-refractivity contribution in [2.75, 3.05) is 10.5 Å². The molecule has 2 N–H and O–H groups in total. The van der Waals surface area contributed by atoms with Crippen LogP contribution in [0.25, 0.3) is 78.1 Å². The molecule has 10 rings (SSSR count). The van der Waals surface area contributed by atoms with Crippen LogP contribution in [0.15, 0.2) is 165 Å². The van der Waals surface area contributed by atoms with Crippen LogP contribution < -0.4 is 15.9 Å². The van der Waals surface area contributed by atoms with Gasteiger partial charge in [0.1, 0.15) is 0 Å². The zero-order valence-electron chi connectivity index (χ0n) is 28.2. The van der Waals surface area contributed by atoms with Gasteiger partial charge in [-0.05, 0) is 64.1 Å². The molecule has 7 heteroatoms. The molecule has 52 heavy (non-hydrogen) atoms. The van der Waals surface area contributed by atoms with E-state index in [0.29, 0.717) is 17.6 Å². The largest absolute Gasteiger partial charge is 0.407 e. The molecule has 6 aromatic carbocycles. The summed E-state index contributed by atoms with van der Waals surface area (Å²) in [5, 5.41) is 9.75. The van der Waals surface area contributed by atoms with Crippen molar-refractivity contribution in [3.05, 3.63) is 171 Å². The smallest absolute Gasteiger partial charge is 0.405 e. The number of fused-ring (bicyclic) bond motifs is 7. The first-order valence-electron chi connectivity index (χ1n) is 17.4. The summed E-state index contributed by atoms with van der Waals surface area (Å²) in [6.45, 7) is 7.92. The standard InChI is InChI=1S/C45H31BN6/c1-3-13-28(4-2)43-47-44(29-14-6-5-7-15-29)49-45(48-43)52-40-21-11-9-17-33(40)37-27-31(23-25-41(37)52)30-22-24-39-36(26-30)35-19-12-18-34-32-16-8-10-20-38(32)50-46(51-39)42(34)35/h3-27,50-51H,1-2H2/b28-13+. The van der Waals surface area contributed by atoms with Gasteiger partial charge in [0.15, 0.2) is 11.6 Å². The summed E-state index contributed by atoms with van der Waals surface area (Å²) in [5.74, 6) is 1.66. The van der Waals surface area contributed by atoms with Gasteiger partial charge in [-0.25, -0.2) is 4.98 Å². The number of allylic oxidation sites excluding steroid dienone is 4. The predicted molar refractivity (Wildman–Crippen MR) is 217 cm³/mol. The molecule has 0 amide bonds. The average molecular weight is 667 g/mol. The molecular formula is C45H31BN6. The van der Waals surface area contributed by atoms with Crippen molar-refractivity contribution in [2.24, 2.45) is 0 Å². The van der Waals surface area contributed by atoms with Crippen LogP contribution in [0, 0.1) is 0 Å². The monoisotopic (exact) mass is 666 g/mol. The Morgan fingerprint density at radius 1 is 0.577 bits per heavy atom. The van der Waals surface area contributed by atoms with Crippen molar-refractivity contribution < 1.29 is 0 Å². The number of para-hydroxylation sites is 2. The lowest BCUT2D eigenvalue weighted by Gasteiger charge is -2.34. The molecule has 0 radical (unpaired) electrons. The summed E-state index contributed by atoms with van der Waals surface area (Å²) >= 11 is 0. The fourth-order valence-electron chi connectivity index (χ4n) is 7.79. The first-order chi connectivity index (χ1) is 25.7. The molecule has 244 valence electrons. The first-order valence-corrected chi connectivity index (χ1v) is 17.4. The molecule has 2 aromatic heterocycles. The number of benzene rings is 6. The Hall–Kier alpha value is -6.99. The molecule has 4 heterocycles. The number of nitrogens with zero attached hydrogens (tertiary/aromatic N) is 4. The van der Waals surface area contributed by atoms with Gasteiger partial charge in [-0.15, -0.1) is 0 Å². The van der Waals surface area contributed by atoms with Crippen LogP contribution >= 0.6 is 0 Å². The number of aromatic nitrogens is 4. The van der Waals surface area contributed by atoms with Crippen molar-refractivity contribution in [3.8, 4) is 50.7 Å². The van der Waals surface area contributed by atoms with Crippen molar-refractivity contribution in [3.63, 3.8) is 0 Å². The van der Waals surface area contributed by atoms with Crippen molar-refractivity contribution in [1.29, 1.82) is 0 Å². The number of anilines is 2. The van der Waals surface area contributed by atoms with E-state index in [2.05, 4.69) is 131 Å². The lowest BCUT2D eigenvalue weighted by molar-refractivity contribution is 0.932. The highest BCUT2D eigenvalue weighted by Gasteiger charge is 2.35. The van der Waals surface area contributed by atoms with Gasteiger partial charge in [0, 0.05) is 44.4 Å². The van der Waals surface area contributed by atoms with E-state index in [-0.39, 0.29) is 6.98 Å². The van der Waals surface area contributed by atoms with Crippen LogP contribution in [0.3, 0.4) is 0 Å². The fraction of sp³-hybridized carbons (Fsp3) is 0. The number of rotatable bonds is 6. The minimum Gasteiger partial charge on any atom is -0.405 e. The number of hydrogen-bond donors (Lipinski definition) is 2. The summed E-state index contributed by atoms with van der Waals surface area (Å²) in [4.78, 5) is 14.9. The van der Waals surface area contributed by atoms with Gasteiger partial charge in [-0.1, -0.05) is 128 Å². The molecule has 0 unspecified atom stereocenters. The molecule has 0 saturated carbocycles. The Morgan fingerprint density at radius 2 is 1.27 bits per heavy atom. The third-order valence-electron chi connectivity index (χ3n) is 10.2. The SMILES string of the molecule is C=C/C=C(\C=C)c1nc(-c2ccccc2)nc(-n2c3ccccc3c3cc(-c4ccc5c(c4)-c4cccc6c4B(Nc4ccccc4-6)N5)ccc32)n1. The first kappa shape index (κ1) is 29.9. The fourth-order valence-corrected chi connectivity index (χ4v) is 7.79. The molecule has 2 aliphatic heterocycles. The van der Waals surface area contributed by atoms with Gasteiger partial charge in [-0.3, -0.25) is 4.57 Å². The summed E-state index contributed by atoms with van der Waals surface area (Å²) in [7, 11) is 0. The highest BCUT2D eigenvalue weighted by Crippen LogP contribution is 2.42. The van der Waals surface area contributed by atoms with Crippen molar-refractivity contribution >= 4 is 51.2 Å². The van der Waals surface area contributed by atoms with E-state index in [1.54, 1.807) is 12.2 Å². The number of hydrogen-bond acceptors (Lipinski definition) is 5. The Kier molecular flexibility index (Phi) is 6.79. The van der Waals surface area contributed by atoms with Gasteiger partial charge < -0.3 is 10.5 Å². The van der Waals surface area contributed by atoms with Crippen LogP contribution in [-0.4, -0.2) is 26.5 Å². The maximum atomic E-state index is 5.05. The van der Waals surface area contributed by atoms with Gasteiger partial charge in [-0.2, -0.15) is 9.97 Å². The van der Waals surface area contributed by atoms with E-state index in [4.69, 9.17) is 15.0 Å². The second-order valence-corrected chi connectivity index (χ2v) is 13.1. The van der Waals surface area contributed by atoms with Crippen LogP contribution in [0.2, 0.25) is 0 Å². The molecular weight excluding hydrogens is 635 g/mol. The molecule has 8 aromatic rings. The summed E-state index contributed by atoms with van der Waals surface area (Å²) in [5.41, 5.74) is 14.5. The van der Waals surface area contributed by atoms with Gasteiger partial charge >= 0.3 is 6.98 Å². The highest BCUT2D eigenvalue weighted by atomic mass is 15.2. The molecule has 2 aliphatic rings. The molecule has 0 fully saturated rings. The normalized spacial score (nSPS) is 12.8. The maximum Gasteiger partial charge on any atom is 0.407 e. The van der Waals surface area contributed by atoms with E-state index in [1.807, 2.05) is 36.4 Å². The molecule has 6 nitrogen and oxygen atoms in total. The second-order valence-electron chi connectivity index (χ2n) is 13.1.